The number of aryl methyl sites for hydroxylation is 1. The van der Waals surface area contributed by atoms with Crippen LogP contribution in [0.5, 0.6) is 5.75 Å². The topological polar surface area (TPSA) is 106 Å². The number of amides is 1. The molecule has 0 unspecified atom stereocenters. The Bertz CT molecular complexity index is 1120. The van der Waals surface area contributed by atoms with Gasteiger partial charge < -0.3 is 20.7 Å². The fourth-order valence-corrected chi connectivity index (χ4v) is 3.70. The van der Waals surface area contributed by atoms with E-state index in [4.69, 9.17) is 20.4 Å². The SMILES string of the molecule is CN(CC(=O)Nc1cccc(F)c1)c1nc(-c2cc(OCCN)ccn2)nc2c1CCC2. The van der Waals surface area contributed by atoms with Gasteiger partial charge in [0, 0.05) is 42.8 Å². The summed E-state index contributed by atoms with van der Waals surface area (Å²) in [6, 6.07) is 9.36. The molecule has 0 saturated heterocycles. The number of carbonyl (C=O) groups excluding carboxylic acids is 1. The van der Waals surface area contributed by atoms with Crippen molar-refractivity contribution in [2.75, 3.05) is 37.0 Å². The van der Waals surface area contributed by atoms with E-state index in [0.29, 0.717) is 41.9 Å². The van der Waals surface area contributed by atoms with Crippen LogP contribution in [0.25, 0.3) is 11.5 Å². The molecular weight excluding hydrogens is 411 g/mol. The van der Waals surface area contributed by atoms with Crippen LogP contribution in [0, 0.1) is 5.82 Å². The molecule has 0 atom stereocenters. The number of halogens is 1. The lowest BCUT2D eigenvalue weighted by atomic mass is 10.2. The molecule has 4 rings (SSSR count). The molecule has 3 N–H and O–H groups in total. The summed E-state index contributed by atoms with van der Waals surface area (Å²) in [4.78, 5) is 28.2. The van der Waals surface area contributed by atoms with Crippen LogP contribution in [0.1, 0.15) is 17.7 Å². The summed E-state index contributed by atoms with van der Waals surface area (Å²) < 4.78 is 19.0. The van der Waals surface area contributed by atoms with Gasteiger partial charge in [-0.25, -0.2) is 14.4 Å². The maximum absolute atomic E-state index is 13.4. The Morgan fingerprint density at radius 3 is 2.94 bits per heavy atom. The van der Waals surface area contributed by atoms with Gasteiger partial charge in [0.1, 0.15) is 29.7 Å². The van der Waals surface area contributed by atoms with E-state index in [1.54, 1.807) is 35.4 Å². The number of fused-ring (bicyclic) bond motifs is 1. The van der Waals surface area contributed by atoms with Gasteiger partial charge in [0.05, 0.1) is 6.54 Å². The molecule has 1 aromatic carbocycles. The first kappa shape index (κ1) is 21.6. The van der Waals surface area contributed by atoms with Gasteiger partial charge in [-0.15, -0.1) is 0 Å². The molecule has 2 heterocycles. The molecule has 0 fully saturated rings. The summed E-state index contributed by atoms with van der Waals surface area (Å²) in [6.07, 6.45) is 4.34. The van der Waals surface area contributed by atoms with E-state index in [0.717, 1.165) is 30.5 Å². The molecule has 0 bridgehead atoms. The predicted molar refractivity (Wildman–Crippen MR) is 120 cm³/mol. The molecule has 0 radical (unpaired) electrons. The standard InChI is InChI=1S/C23H25FN6O2/c1-30(14-21(31)27-16-5-2-4-15(24)12-16)23-18-6-3-7-19(18)28-22(29-23)20-13-17(8-10-26-20)32-11-9-25/h2,4-5,8,10,12-13H,3,6-7,9,11,14,25H2,1H3,(H,27,31). The fraction of sp³-hybridized carbons (Fsp3) is 0.304. The molecule has 1 aliphatic rings. The fourth-order valence-electron chi connectivity index (χ4n) is 3.70. The number of aromatic nitrogens is 3. The molecule has 0 saturated carbocycles. The highest BCUT2D eigenvalue weighted by Crippen LogP contribution is 2.31. The number of anilines is 2. The van der Waals surface area contributed by atoms with Crippen molar-refractivity contribution < 1.29 is 13.9 Å². The zero-order valence-electron chi connectivity index (χ0n) is 17.8. The van der Waals surface area contributed by atoms with E-state index in [1.807, 2.05) is 7.05 Å². The van der Waals surface area contributed by atoms with Crippen LogP contribution in [0.4, 0.5) is 15.9 Å². The first-order valence-electron chi connectivity index (χ1n) is 10.5. The van der Waals surface area contributed by atoms with Crippen molar-refractivity contribution in [2.24, 2.45) is 5.73 Å². The van der Waals surface area contributed by atoms with E-state index >= 15 is 0 Å². The third kappa shape index (κ3) is 5.00. The van der Waals surface area contributed by atoms with Crippen LogP contribution in [-0.4, -0.2) is 47.6 Å². The van der Waals surface area contributed by atoms with Gasteiger partial charge in [0.25, 0.3) is 0 Å². The van der Waals surface area contributed by atoms with Crippen molar-refractivity contribution >= 4 is 17.4 Å². The highest BCUT2D eigenvalue weighted by molar-refractivity contribution is 5.94. The Morgan fingerprint density at radius 2 is 2.12 bits per heavy atom. The third-order valence-corrected chi connectivity index (χ3v) is 5.11. The summed E-state index contributed by atoms with van der Waals surface area (Å²) >= 11 is 0. The van der Waals surface area contributed by atoms with Crippen LogP contribution < -0.4 is 20.7 Å². The van der Waals surface area contributed by atoms with E-state index in [1.165, 1.54) is 12.1 Å². The average molecular weight is 436 g/mol. The Labute approximate surface area is 185 Å². The minimum absolute atomic E-state index is 0.0620. The molecule has 1 amide bonds. The lowest BCUT2D eigenvalue weighted by Gasteiger charge is -2.21. The lowest BCUT2D eigenvalue weighted by Crippen LogP contribution is -2.31. The number of nitrogens with two attached hydrogens (primary N) is 1. The Hall–Kier alpha value is -3.59. The summed E-state index contributed by atoms with van der Waals surface area (Å²) in [5.74, 6) is 1.16. The maximum Gasteiger partial charge on any atom is 0.243 e. The Morgan fingerprint density at radius 1 is 1.25 bits per heavy atom. The van der Waals surface area contributed by atoms with Crippen molar-refractivity contribution in [2.45, 2.75) is 19.3 Å². The van der Waals surface area contributed by atoms with Crippen molar-refractivity contribution in [3.05, 3.63) is 59.7 Å². The third-order valence-electron chi connectivity index (χ3n) is 5.11. The monoisotopic (exact) mass is 436 g/mol. The smallest absolute Gasteiger partial charge is 0.243 e. The molecule has 2 aromatic heterocycles. The molecule has 0 spiro atoms. The highest BCUT2D eigenvalue weighted by Gasteiger charge is 2.23. The molecule has 9 heteroatoms. The van der Waals surface area contributed by atoms with Gasteiger partial charge in [-0.1, -0.05) is 6.07 Å². The normalized spacial score (nSPS) is 12.3. The maximum atomic E-state index is 13.4. The van der Waals surface area contributed by atoms with Crippen molar-refractivity contribution in [1.82, 2.24) is 15.0 Å². The van der Waals surface area contributed by atoms with Gasteiger partial charge >= 0.3 is 0 Å². The van der Waals surface area contributed by atoms with Crippen LogP contribution in [0.15, 0.2) is 42.6 Å². The van der Waals surface area contributed by atoms with Gasteiger partial charge in [-0.3, -0.25) is 9.78 Å². The summed E-state index contributed by atoms with van der Waals surface area (Å²) in [5, 5.41) is 2.72. The second-order valence-corrected chi connectivity index (χ2v) is 7.58. The van der Waals surface area contributed by atoms with E-state index in [9.17, 15) is 9.18 Å². The van der Waals surface area contributed by atoms with Crippen molar-refractivity contribution in [3.8, 4) is 17.3 Å². The average Bonchev–Trinajstić information content (AvgIpc) is 3.26. The van der Waals surface area contributed by atoms with E-state index in [-0.39, 0.29) is 12.5 Å². The van der Waals surface area contributed by atoms with Gasteiger partial charge in [0.2, 0.25) is 5.91 Å². The van der Waals surface area contributed by atoms with Crippen LogP contribution in [0.3, 0.4) is 0 Å². The van der Waals surface area contributed by atoms with Crippen LogP contribution >= 0.6 is 0 Å². The van der Waals surface area contributed by atoms with Crippen LogP contribution in [-0.2, 0) is 17.6 Å². The summed E-state index contributed by atoms with van der Waals surface area (Å²) in [6.45, 7) is 0.884. The van der Waals surface area contributed by atoms with Crippen molar-refractivity contribution in [3.63, 3.8) is 0 Å². The first-order chi connectivity index (χ1) is 15.5. The van der Waals surface area contributed by atoms with Gasteiger partial charge in [-0.2, -0.15) is 0 Å². The van der Waals surface area contributed by atoms with E-state index in [2.05, 4.69) is 10.3 Å². The summed E-state index contributed by atoms with van der Waals surface area (Å²) in [5.41, 5.74) is 8.53. The van der Waals surface area contributed by atoms with E-state index < -0.39 is 5.82 Å². The zero-order chi connectivity index (χ0) is 22.5. The largest absolute Gasteiger partial charge is 0.492 e. The predicted octanol–water partition coefficient (Wildman–Crippen LogP) is 2.58. The number of benzene rings is 1. The molecule has 3 aromatic rings. The van der Waals surface area contributed by atoms with Crippen molar-refractivity contribution in [1.29, 1.82) is 0 Å². The number of hydrogen-bond donors (Lipinski definition) is 2. The molecule has 0 aliphatic heterocycles. The number of rotatable bonds is 8. The number of likely N-dealkylation sites (N-methyl/N-ethyl adjacent to an activating group) is 1. The number of nitrogens with one attached hydrogen (secondary N) is 1. The minimum atomic E-state index is -0.403. The van der Waals surface area contributed by atoms with Gasteiger partial charge in [0.15, 0.2) is 5.82 Å². The molecule has 1 aliphatic carbocycles. The Balaban J connectivity index is 1.57. The molecule has 32 heavy (non-hydrogen) atoms. The number of ether oxygens (including phenoxy) is 1. The zero-order valence-corrected chi connectivity index (χ0v) is 17.8. The number of carbonyl (C=O) groups is 1. The number of nitrogens with zero attached hydrogens (tertiary/aromatic N) is 4. The lowest BCUT2D eigenvalue weighted by molar-refractivity contribution is -0.114. The highest BCUT2D eigenvalue weighted by atomic mass is 19.1. The Kier molecular flexibility index (Phi) is 6.55. The van der Waals surface area contributed by atoms with Gasteiger partial charge in [-0.05, 0) is 43.5 Å². The second kappa shape index (κ2) is 9.69. The summed E-state index contributed by atoms with van der Waals surface area (Å²) in [7, 11) is 1.81. The first-order valence-corrected chi connectivity index (χ1v) is 10.5. The quantitative estimate of drug-likeness (QED) is 0.559. The second-order valence-electron chi connectivity index (χ2n) is 7.58. The molecular formula is C23H25FN6O2. The number of pyridine rings is 1. The number of hydrogen-bond acceptors (Lipinski definition) is 7. The minimum Gasteiger partial charge on any atom is -0.492 e. The van der Waals surface area contributed by atoms with Crippen LogP contribution in [0.2, 0.25) is 0 Å². The molecule has 166 valence electrons. The molecule has 8 nitrogen and oxygen atoms in total.